The summed E-state index contributed by atoms with van der Waals surface area (Å²) in [6.45, 7) is 0.101. The Balaban J connectivity index is 1.88. The van der Waals surface area contributed by atoms with Gasteiger partial charge in [-0.3, -0.25) is 4.18 Å². The number of hydrogen-bond acceptors (Lipinski definition) is 6. The molecule has 33 heavy (non-hydrogen) atoms. The van der Waals surface area contributed by atoms with Crippen LogP contribution in [0, 0.1) is 0 Å². The molecule has 174 valence electrons. The van der Waals surface area contributed by atoms with Gasteiger partial charge in [0.15, 0.2) is 11.5 Å². The van der Waals surface area contributed by atoms with Crippen LogP contribution >= 0.6 is 23.4 Å². The Morgan fingerprint density at radius 1 is 0.909 bits per heavy atom. The number of fused-ring (bicyclic) bond motifs is 3. The SMILES string of the molecule is COc1cccc([C@H]2S[C@H](CCOS(C)(=O)=O)c3ccccc3-c3ccc(Cl)cc32)c1OC. The van der Waals surface area contributed by atoms with Gasteiger partial charge in [-0.15, -0.1) is 11.8 Å². The Morgan fingerprint density at radius 3 is 2.36 bits per heavy atom. The zero-order valence-electron chi connectivity index (χ0n) is 18.6. The lowest BCUT2D eigenvalue weighted by atomic mass is 9.90. The first-order valence-electron chi connectivity index (χ1n) is 10.4. The molecule has 4 rings (SSSR count). The second-order valence-electron chi connectivity index (χ2n) is 7.72. The number of halogens is 1. The highest BCUT2D eigenvalue weighted by Gasteiger charge is 2.32. The molecule has 1 aliphatic heterocycles. The van der Waals surface area contributed by atoms with Crippen molar-refractivity contribution in [3.8, 4) is 22.6 Å². The molecule has 5 nitrogen and oxygen atoms in total. The van der Waals surface area contributed by atoms with E-state index in [0.29, 0.717) is 22.9 Å². The van der Waals surface area contributed by atoms with Gasteiger partial charge in [0.05, 0.1) is 32.3 Å². The third-order valence-corrected chi connectivity index (χ3v) is 8.02. The minimum atomic E-state index is -3.52. The monoisotopic (exact) mass is 504 g/mol. The molecule has 0 unspecified atom stereocenters. The van der Waals surface area contributed by atoms with Crippen LogP contribution in [0.4, 0.5) is 0 Å². The molecular weight excluding hydrogens is 480 g/mol. The van der Waals surface area contributed by atoms with Crippen molar-refractivity contribution in [3.05, 3.63) is 82.4 Å². The highest BCUT2D eigenvalue weighted by molar-refractivity contribution is 8.00. The van der Waals surface area contributed by atoms with E-state index in [1.54, 1.807) is 26.0 Å². The van der Waals surface area contributed by atoms with Crippen LogP contribution in [0.3, 0.4) is 0 Å². The average molecular weight is 505 g/mol. The van der Waals surface area contributed by atoms with E-state index in [9.17, 15) is 8.42 Å². The van der Waals surface area contributed by atoms with Crippen molar-refractivity contribution in [2.75, 3.05) is 27.1 Å². The van der Waals surface area contributed by atoms with Crippen LogP contribution in [-0.4, -0.2) is 35.5 Å². The van der Waals surface area contributed by atoms with E-state index in [4.69, 9.17) is 25.3 Å². The van der Waals surface area contributed by atoms with Crippen LogP contribution in [0.5, 0.6) is 11.5 Å². The number of para-hydroxylation sites is 1. The molecule has 0 bridgehead atoms. The molecule has 0 saturated carbocycles. The van der Waals surface area contributed by atoms with Gasteiger partial charge < -0.3 is 9.47 Å². The van der Waals surface area contributed by atoms with Gasteiger partial charge in [-0.2, -0.15) is 8.42 Å². The predicted octanol–water partition coefficient (Wildman–Crippen LogP) is 6.27. The highest BCUT2D eigenvalue weighted by atomic mass is 35.5. The Kier molecular flexibility index (Phi) is 7.24. The molecule has 0 radical (unpaired) electrons. The molecule has 3 aromatic rings. The molecular formula is C25H25ClO5S2. The summed E-state index contributed by atoms with van der Waals surface area (Å²) >= 11 is 8.19. The maximum absolute atomic E-state index is 11.6. The van der Waals surface area contributed by atoms with Crippen LogP contribution in [0.15, 0.2) is 60.7 Å². The molecule has 0 spiro atoms. The van der Waals surface area contributed by atoms with Gasteiger partial charge in [0.2, 0.25) is 0 Å². The second-order valence-corrected chi connectivity index (χ2v) is 11.1. The Hall–Kier alpha value is -2.19. The number of benzene rings is 3. The predicted molar refractivity (Wildman–Crippen MR) is 134 cm³/mol. The fraction of sp³-hybridized carbons (Fsp3) is 0.280. The van der Waals surface area contributed by atoms with E-state index in [1.165, 1.54) is 0 Å². The summed E-state index contributed by atoms with van der Waals surface area (Å²) in [4.78, 5) is 0. The highest BCUT2D eigenvalue weighted by Crippen LogP contribution is 2.56. The van der Waals surface area contributed by atoms with Crippen LogP contribution in [0.2, 0.25) is 5.02 Å². The minimum absolute atomic E-state index is 0.0185. The van der Waals surface area contributed by atoms with Gasteiger partial charge >= 0.3 is 0 Å². The van der Waals surface area contributed by atoms with E-state index in [2.05, 4.69) is 12.1 Å². The second kappa shape index (κ2) is 9.97. The topological polar surface area (TPSA) is 61.8 Å². The van der Waals surface area contributed by atoms with E-state index in [0.717, 1.165) is 34.1 Å². The first kappa shape index (κ1) is 24.0. The maximum Gasteiger partial charge on any atom is 0.264 e. The van der Waals surface area contributed by atoms with Crippen molar-refractivity contribution in [1.82, 2.24) is 0 Å². The summed E-state index contributed by atoms with van der Waals surface area (Å²) in [6, 6.07) is 20.0. The maximum atomic E-state index is 11.6. The van der Waals surface area contributed by atoms with Crippen molar-refractivity contribution in [2.24, 2.45) is 0 Å². The van der Waals surface area contributed by atoms with Crippen LogP contribution < -0.4 is 9.47 Å². The average Bonchev–Trinajstić information content (AvgIpc) is 2.92. The first-order valence-corrected chi connectivity index (χ1v) is 13.6. The molecule has 0 aromatic heterocycles. The van der Waals surface area contributed by atoms with Crippen molar-refractivity contribution < 1.29 is 22.1 Å². The largest absolute Gasteiger partial charge is 0.493 e. The molecule has 0 saturated heterocycles. The van der Waals surface area contributed by atoms with Crippen LogP contribution in [-0.2, 0) is 14.3 Å². The number of methoxy groups -OCH3 is 2. The van der Waals surface area contributed by atoms with Gasteiger partial charge in [-0.05, 0) is 46.9 Å². The Bertz CT molecular complexity index is 1260. The number of ether oxygens (including phenoxy) is 2. The molecule has 0 fully saturated rings. The summed E-state index contributed by atoms with van der Waals surface area (Å²) in [7, 11) is -0.268. The first-order chi connectivity index (χ1) is 15.8. The van der Waals surface area contributed by atoms with E-state index in [-0.39, 0.29) is 17.1 Å². The summed E-state index contributed by atoms with van der Waals surface area (Å²) < 4.78 is 39.6. The number of thioether (sulfide) groups is 1. The molecule has 0 aliphatic carbocycles. The molecule has 3 aromatic carbocycles. The lowest BCUT2D eigenvalue weighted by Gasteiger charge is -2.25. The number of hydrogen-bond donors (Lipinski definition) is 0. The standard InChI is InChI=1S/C25H25ClO5S2/c1-29-22-10-6-9-20(24(22)30-2)25-21-15-16(26)11-12-18(21)17-7-4-5-8-19(17)23(32-25)13-14-31-33(3,27)28/h4-12,15,23,25H,13-14H2,1-3H3/t23-,25-/m1/s1. The molecule has 1 heterocycles. The van der Waals surface area contributed by atoms with Crippen LogP contribution in [0.25, 0.3) is 11.1 Å². The molecule has 0 amide bonds. The third-order valence-electron chi connectivity index (χ3n) is 5.59. The van der Waals surface area contributed by atoms with Crippen molar-refractivity contribution in [2.45, 2.75) is 16.9 Å². The summed E-state index contributed by atoms with van der Waals surface area (Å²) in [5.41, 5.74) is 5.35. The third kappa shape index (κ3) is 5.17. The molecule has 0 N–H and O–H groups in total. The van der Waals surface area contributed by atoms with Gasteiger partial charge in [-0.25, -0.2) is 0 Å². The number of rotatable bonds is 7. The van der Waals surface area contributed by atoms with Crippen LogP contribution in [0.1, 0.15) is 33.6 Å². The van der Waals surface area contributed by atoms with Gasteiger partial charge in [0, 0.05) is 15.8 Å². The fourth-order valence-corrected chi connectivity index (χ4v) is 6.39. The van der Waals surface area contributed by atoms with Crippen molar-refractivity contribution >= 4 is 33.5 Å². The van der Waals surface area contributed by atoms with Gasteiger partial charge in [-0.1, -0.05) is 54.1 Å². The van der Waals surface area contributed by atoms with Crippen molar-refractivity contribution in [1.29, 1.82) is 0 Å². The van der Waals surface area contributed by atoms with E-state index >= 15 is 0 Å². The summed E-state index contributed by atoms with van der Waals surface area (Å²) in [5.74, 6) is 1.32. The molecule has 8 heteroatoms. The molecule has 1 aliphatic rings. The lowest BCUT2D eigenvalue weighted by molar-refractivity contribution is 0.315. The molecule has 2 atom stereocenters. The fourth-order valence-electron chi connectivity index (χ4n) is 4.22. The lowest BCUT2D eigenvalue weighted by Crippen LogP contribution is -2.08. The van der Waals surface area contributed by atoms with Gasteiger partial charge in [0.25, 0.3) is 10.1 Å². The summed E-state index contributed by atoms with van der Waals surface area (Å²) in [6.07, 6.45) is 1.60. The van der Waals surface area contributed by atoms with Gasteiger partial charge in [0.1, 0.15) is 0 Å². The van der Waals surface area contributed by atoms with Crippen molar-refractivity contribution in [3.63, 3.8) is 0 Å². The van der Waals surface area contributed by atoms with E-state index < -0.39 is 10.1 Å². The smallest absolute Gasteiger partial charge is 0.264 e. The minimum Gasteiger partial charge on any atom is -0.493 e. The quantitative estimate of drug-likeness (QED) is 0.353. The van der Waals surface area contributed by atoms with E-state index in [1.807, 2.05) is 48.5 Å². The zero-order chi connectivity index (χ0) is 23.6. The zero-order valence-corrected chi connectivity index (χ0v) is 21.0. The summed E-state index contributed by atoms with van der Waals surface area (Å²) in [5, 5.41) is 0.506. The normalized spacial score (nSPS) is 17.6. The Morgan fingerprint density at radius 2 is 1.64 bits per heavy atom. The Labute approximate surface area is 204 Å².